The number of imide groups is 1. The van der Waals surface area contributed by atoms with Gasteiger partial charge in [-0.25, -0.2) is 4.90 Å². The smallest absolute Gasteiger partial charge is 0.268 e. The second-order valence-electron chi connectivity index (χ2n) is 4.87. The van der Waals surface area contributed by atoms with Crippen molar-refractivity contribution in [3.63, 3.8) is 0 Å². The van der Waals surface area contributed by atoms with Crippen LogP contribution in [0.3, 0.4) is 0 Å². The van der Waals surface area contributed by atoms with E-state index in [1.165, 1.54) is 4.90 Å². The zero-order valence-electron chi connectivity index (χ0n) is 11.7. The number of nitrogens with zero attached hydrogens (tertiary/aromatic N) is 1. The third-order valence-corrected chi connectivity index (χ3v) is 4.49. The molecule has 2 aromatic carbocycles. The third kappa shape index (κ3) is 2.80. The number of aryl methyl sites for hydroxylation is 1. The molecule has 0 radical (unpaired) electrons. The van der Waals surface area contributed by atoms with Crippen LogP contribution in [0.5, 0.6) is 0 Å². The van der Waals surface area contributed by atoms with Gasteiger partial charge in [0.2, 0.25) is 0 Å². The number of halogens is 1. The fourth-order valence-electron chi connectivity index (χ4n) is 2.12. The Balaban J connectivity index is 1.95. The minimum atomic E-state index is -0.321. The van der Waals surface area contributed by atoms with Gasteiger partial charge in [0, 0.05) is 5.02 Å². The molecule has 1 saturated heterocycles. The highest BCUT2D eigenvalue weighted by Gasteiger charge is 2.36. The fourth-order valence-corrected chi connectivity index (χ4v) is 3.14. The first-order chi connectivity index (χ1) is 10.6. The summed E-state index contributed by atoms with van der Waals surface area (Å²) in [5.41, 5.74) is 2.37. The zero-order valence-corrected chi connectivity index (χ0v) is 13.3. The van der Waals surface area contributed by atoms with Gasteiger partial charge in [-0.1, -0.05) is 47.5 Å². The summed E-state index contributed by atoms with van der Waals surface area (Å²) in [5, 5.41) is 0.247. The Morgan fingerprint density at radius 2 is 1.73 bits per heavy atom. The van der Waals surface area contributed by atoms with Crippen LogP contribution in [-0.2, 0) is 4.79 Å². The maximum absolute atomic E-state index is 12.5. The van der Waals surface area contributed by atoms with E-state index in [0.29, 0.717) is 15.6 Å². The van der Waals surface area contributed by atoms with E-state index >= 15 is 0 Å². The van der Waals surface area contributed by atoms with Crippen LogP contribution >= 0.6 is 23.4 Å². The Morgan fingerprint density at radius 3 is 2.41 bits per heavy atom. The number of carbonyl (C=O) groups is 2. The molecule has 22 heavy (non-hydrogen) atoms. The van der Waals surface area contributed by atoms with E-state index in [9.17, 15) is 9.59 Å². The number of hydrogen-bond donors (Lipinski definition) is 0. The lowest BCUT2D eigenvalue weighted by Gasteiger charge is -2.12. The molecule has 3 nitrogen and oxygen atoms in total. The van der Waals surface area contributed by atoms with Crippen molar-refractivity contribution in [2.45, 2.75) is 6.92 Å². The topological polar surface area (TPSA) is 37.4 Å². The van der Waals surface area contributed by atoms with Gasteiger partial charge in [-0.2, -0.15) is 0 Å². The average molecular weight is 330 g/mol. The summed E-state index contributed by atoms with van der Waals surface area (Å²) >= 11 is 7.02. The first-order valence-corrected chi connectivity index (χ1v) is 7.85. The highest BCUT2D eigenvalue weighted by atomic mass is 35.5. The molecular formula is C17H12ClNO2S. The molecule has 0 aromatic heterocycles. The Bertz CT molecular complexity index is 784. The second-order valence-corrected chi connectivity index (χ2v) is 6.27. The van der Waals surface area contributed by atoms with Gasteiger partial charge in [-0.15, -0.1) is 0 Å². The number of thioether (sulfide) groups is 1. The summed E-state index contributed by atoms with van der Waals surface area (Å²) in [4.78, 5) is 26.2. The molecule has 0 N–H and O–H groups in total. The number of benzene rings is 2. The molecule has 3 rings (SSSR count). The summed E-state index contributed by atoms with van der Waals surface area (Å²) in [6, 6.07) is 14.5. The number of anilines is 1. The maximum Gasteiger partial charge on any atom is 0.298 e. The summed E-state index contributed by atoms with van der Waals surface area (Å²) in [5.74, 6) is -0.321. The molecule has 1 aliphatic rings. The van der Waals surface area contributed by atoms with Crippen LogP contribution in [0.25, 0.3) is 6.08 Å². The van der Waals surface area contributed by atoms with Crippen molar-refractivity contribution in [2.75, 3.05) is 4.90 Å². The summed E-state index contributed by atoms with van der Waals surface area (Å²) in [6.45, 7) is 1.95. The quantitative estimate of drug-likeness (QED) is 0.736. The van der Waals surface area contributed by atoms with Gasteiger partial charge in [0.25, 0.3) is 11.1 Å². The fraction of sp³-hybridized carbons (Fsp3) is 0.0588. The summed E-state index contributed by atoms with van der Waals surface area (Å²) in [6.07, 6.45) is 1.65. The normalized spacial score (nSPS) is 16.6. The third-order valence-electron chi connectivity index (χ3n) is 3.28. The SMILES string of the molecule is Cc1ccc(N2C(=O)SC(=Cc3ccccc3Cl)C2=O)cc1. The van der Waals surface area contributed by atoms with Crippen molar-refractivity contribution in [3.05, 3.63) is 69.6 Å². The zero-order chi connectivity index (χ0) is 15.7. The number of amides is 2. The Morgan fingerprint density at radius 1 is 1.05 bits per heavy atom. The Kier molecular flexibility index (Phi) is 4.05. The van der Waals surface area contributed by atoms with Crippen molar-refractivity contribution in [1.82, 2.24) is 0 Å². The van der Waals surface area contributed by atoms with Gasteiger partial charge in [-0.05, 0) is 48.5 Å². The van der Waals surface area contributed by atoms with E-state index in [1.807, 2.05) is 37.3 Å². The molecular weight excluding hydrogens is 318 g/mol. The summed E-state index contributed by atoms with van der Waals surface area (Å²) < 4.78 is 0. The minimum Gasteiger partial charge on any atom is -0.268 e. The van der Waals surface area contributed by atoms with Crippen LogP contribution in [0.4, 0.5) is 10.5 Å². The highest BCUT2D eigenvalue weighted by molar-refractivity contribution is 8.19. The van der Waals surface area contributed by atoms with E-state index in [4.69, 9.17) is 11.6 Å². The highest BCUT2D eigenvalue weighted by Crippen LogP contribution is 2.36. The largest absolute Gasteiger partial charge is 0.298 e. The lowest BCUT2D eigenvalue weighted by atomic mass is 10.2. The van der Waals surface area contributed by atoms with Crippen LogP contribution in [-0.4, -0.2) is 11.1 Å². The molecule has 2 aromatic rings. The number of carbonyl (C=O) groups excluding carboxylic acids is 2. The van der Waals surface area contributed by atoms with Crippen LogP contribution in [0.2, 0.25) is 5.02 Å². The van der Waals surface area contributed by atoms with Gasteiger partial charge in [0.1, 0.15) is 0 Å². The van der Waals surface area contributed by atoms with E-state index in [-0.39, 0.29) is 11.1 Å². The van der Waals surface area contributed by atoms with Gasteiger partial charge in [-0.3, -0.25) is 9.59 Å². The average Bonchev–Trinajstić information content (AvgIpc) is 2.77. The van der Waals surface area contributed by atoms with E-state index < -0.39 is 0 Å². The van der Waals surface area contributed by atoms with E-state index in [0.717, 1.165) is 22.9 Å². The molecule has 0 saturated carbocycles. The molecule has 1 fully saturated rings. The van der Waals surface area contributed by atoms with E-state index in [2.05, 4.69) is 0 Å². The Labute approximate surface area is 137 Å². The second kappa shape index (κ2) is 5.99. The van der Waals surface area contributed by atoms with Crippen molar-refractivity contribution < 1.29 is 9.59 Å². The monoisotopic (exact) mass is 329 g/mol. The molecule has 110 valence electrons. The molecule has 0 unspecified atom stereocenters. The standard InChI is InChI=1S/C17H12ClNO2S/c1-11-6-8-13(9-7-11)19-16(20)15(22-17(19)21)10-12-4-2-3-5-14(12)18/h2-10H,1H3. The van der Waals surface area contributed by atoms with Crippen LogP contribution in [0.15, 0.2) is 53.4 Å². The molecule has 0 aliphatic carbocycles. The lowest BCUT2D eigenvalue weighted by Crippen LogP contribution is -2.27. The number of rotatable bonds is 2. The molecule has 1 aliphatic heterocycles. The molecule has 1 heterocycles. The van der Waals surface area contributed by atoms with Crippen molar-refractivity contribution in [1.29, 1.82) is 0 Å². The molecule has 0 atom stereocenters. The lowest BCUT2D eigenvalue weighted by molar-refractivity contribution is -0.113. The Hall–Kier alpha value is -2.04. The van der Waals surface area contributed by atoms with Crippen molar-refractivity contribution in [2.24, 2.45) is 0 Å². The molecule has 5 heteroatoms. The molecule has 0 bridgehead atoms. The van der Waals surface area contributed by atoms with Gasteiger partial charge >= 0.3 is 0 Å². The predicted octanol–water partition coefficient (Wildman–Crippen LogP) is 4.89. The number of hydrogen-bond acceptors (Lipinski definition) is 3. The van der Waals surface area contributed by atoms with E-state index in [1.54, 1.807) is 24.3 Å². The van der Waals surface area contributed by atoms with Crippen LogP contribution in [0, 0.1) is 6.92 Å². The maximum atomic E-state index is 12.5. The van der Waals surface area contributed by atoms with Gasteiger partial charge < -0.3 is 0 Å². The van der Waals surface area contributed by atoms with Crippen LogP contribution < -0.4 is 4.90 Å². The van der Waals surface area contributed by atoms with Gasteiger partial charge in [0.15, 0.2) is 0 Å². The first kappa shape index (κ1) is 14.9. The van der Waals surface area contributed by atoms with Crippen molar-refractivity contribution >= 4 is 46.3 Å². The predicted molar refractivity (Wildman–Crippen MR) is 91.1 cm³/mol. The van der Waals surface area contributed by atoms with Crippen LogP contribution in [0.1, 0.15) is 11.1 Å². The van der Waals surface area contributed by atoms with Gasteiger partial charge in [0.05, 0.1) is 10.6 Å². The molecule has 2 amide bonds. The van der Waals surface area contributed by atoms with Crippen molar-refractivity contribution in [3.8, 4) is 0 Å². The minimum absolute atomic E-state index is 0.299. The summed E-state index contributed by atoms with van der Waals surface area (Å²) in [7, 11) is 0. The molecule has 0 spiro atoms. The first-order valence-electron chi connectivity index (χ1n) is 6.65.